The van der Waals surface area contributed by atoms with E-state index in [1.54, 1.807) is 0 Å². The van der Waals surface area contributed by atoms with Gasteiger partial charge in [0.1, 0.15) is 5.54 Å². The summed E-state index contributed by atoms with van der Waals surface area (Å²) in [7, 11) is 1.46. The maximum atomic E-state index is 12.3. The zero-order valence-electron chi connectivity index (χ0n) is 11.3. The Morgan fingerprint density at radius 1 is 1.39 bits per heavy atom. The Labute approximate surface area is 109 Å². The van der Waals surface area contributed by atoms with Crippen LogP contribution in [0.15, 0.2) is 24.3 Å². The summed E-state index contributed by atoms with van der Waals surface area (Å²) in [6.45, 7) is 4.11. The Hall–Kier alpha value is -1.35. The van der Waals surface area contributed by atoms with Gasteiger partial charge in [0.15, 0.2) is 0 Å². The first-order valence-electron chi connectivity index (χ1n) is 6.54. The average Bonchev–Trinajstić information content (AvgIpc) is 2.37. The van der Waals surface area contributed by atoms with E-state index in [2.05, 4.69) is 25.2 Å². The third kappa shape index (κ3) is 2.15. The van der Waals surface area contributed by atoms with Crippen LogP contribution in [0.25, 0.3) is 0 Å². The summed E-state index contributed by atoms with van der Waals surface area (Å²) < 4.78 is 5.05. The fraction of sp³-hybridized carbons (Fsp3) is 0.533. The highest BCUT2D eigenvalue weighted by Crippen LogP contribution is 2.36. The first kappa shape index (κ1) is 13.1. The molecule has 0 saturated carbocycles. The van der Waals surface area contributed by atoms with Gasteiger partial charge in [-0.25, -0.2) is 4.79 Å². The van der Waals surface area contributed by atoms with Crippen molar-refractivity contribution in [3.8, 4) is 0 Å². The monoisotopic (exact) mass is 247 g/mol. The van der Waals surface area contributed by atoms with Crippen LogP contribution in [0.4, 0.5) is 0 Å². The van der Waals surface area contributed by atoms with Crippen LogP contribution in [0.1, 0.15) is 37.8 Å². The quantitative estimate of drug-likeness (QED) is 0.833. The van der Waals surface area contributed by atoms with E-state index in [1.807, 2.05) is 18.2 Å². The molecule has 0 bridgehead atoms. The van der Waals surface area contributed by atoms with Gasteiger partial charge in [0.25, 0.3) is 0 Å². The molecule has 3 nitrogen and oxygen atoms in total. The van der Waals surface area contributed by atoms with E-state index in [-0.39, 0.29) is 12.0 Å². The van der Waals surface area contributed by atoms with Gasteiger partial charge >= 0.3 is 5.97 Å². The maximum Gasteiger partial charge on any atom is 0.330 e. The maximum absolute atomic E-state index is 12.3. The molecule has 0 saturated heterocycles. The molecule has 0 spiro atoms. The van der Waals surface area contributed by atoms with Crippen LogP contribution in [0.2, 0.25) is 0 Å². The van der Waals surface area contributed by atoms with Crippen LogP contribution in [0, 0.1) is 0 Å². The molecular weight excluding hydrogens is 226 g/mol. The van der Waals surface area contributed by atoms with Gasteiger partial charge in [-0.15, -0.1) is 0 Å². The van der Waals surface area contributed by atoms with Crippen molar-refractivity contribution in [1.82, 2.24) is 5.32 Å². The molecule has 98 valence electrons. The lowest BCUT2D eigenvalue weighted by Gasteiger charge is -2.38. The van der Waals surface area contributed by atoms with Crippen LogP contribution in [0.3, 0.4) is 0 Å². The van der Waals surface area contributed by atoms with E-state index >= 15 is 0 Å². The Bertz CT molecular complexity index is 442. The summed E-state index contributed by atoms with van der Waals surface area (Å²) >= 11 is 0. The first-order valence-corrected chi connectivity index (χ1v) is 6.54. The summed E-state index contributed by atoms with van der Waals surface area (Å²) in [6, 6.07) is 8.40. The second kappa shape index (κ2) is 5.11. The number of esters is 1. The number of aryl methyl sites for hydroxylation is 1. The second-order valence-corrected chi connectivity index (χ2v) is 5.21. The summed E-state index contributed by atoms with van der Waals surface area (Å²) in [5.74, 6) is -0.177. The topological polar surface area (TPSA) is 38.3 Å². The minimum Gasteiger partial charge on any atom is -0.467 e. The Balaban J connectivity index is 2.51. The zero-order chi connectivity index (χ0) is 13.2. The number of ether oxygens (including phenoxy) is 1. The number of hydrogen-bond donors (Lipinski definition) is 1. The summed E-state index contributed by atoms with van der Waals surface area (Å²) in [4.78, 5) is 12.3. The number of carbonyl (C=O) groups is 1. The van der Waals surface area contributed by atoms with Crippen molar-refractivity contribution in [3.63, 3.8) is 0 Å². The Morgan fingerprint density at radius 2 is 2.11 bits per heavy atom. The smallest absolute Gasteiger partial charge is 0.330 e. The fourth-order valence-corrected chi connectivity index (χ4v) is 2.92. The van der Waals surface area contributed by atoms with Gasteiger partial charge in [-0.3, -0.25) is 5.32 Å². The van der Waals surface area contributed by atoms with Crippen LogP contribution in [-0.4, -0.2) is 19.1 Å². The normalized spacial score (nSPS) is 22.7. The van der Waals surface area contributed by atoms with Gasteiger partial charge in [0, 0.05) is 6.04 Å². The molecule has 2 rings (SSSR count). The highest BCUT2D eigenvalue weighted by molar-refractivity contribution is 5.83. The second-order valence-electron chi connectivity index (χ2n) is 5.21. The van der Waals surface area contributed by atoms with Crippen molar-refractivity contribution < 1.29 is 9.53 Å². The number of fused-ring (bicyclic) bond motifs is 1. The Morgan fingerprint density at radius 3 is 2.78 bits per heavy atom. The zero-order valence-corrected chi connectivity index (χ0v) is 11.3. The first-order chi connectivity index (χ1) is 8.60. The molecule has 0 heterocycles. The molecule has 0 radical (unpaired) electrons. The summed E-state index contributed by atoms with van der Waals surface area (Å²) in [5, 5.41) is 3.43. The van der Waals surface area contributed by atoms with Gasteiger partial charge in [-0.1, -0.05) is 24.3 Å². The number of carbonyl (C=O) groups excluding carboxylic acids is 1. The molecule has 3 heteroatoms. The van der Waals surface area contributed by atoms with Crippen molar-refractivity contribution in [2.24, 2.45) is 0 Å². The number of rotatable bonds is 3. The Kier molecular flexibility index (Phi) is 3.71. The average molecular weight is 247 g/mol. The van der Waals surface area contributed by atoms with E-state index in [0.29, 0.717) is 0 Å². The minimum atomic E-state index is -0.669. The van der Waals surface area contributed by atoms with E-state index in [4.69, 9.17) is 4.74 Å². The lowest BCUT2D eigenvalue weighted by atomic mass is 9.76. The molecular formula is C15H21NO2. The van der Waals surface area contributed by atoms with Crippen LogP contribution < -0.4 is 5.32 Å². The molecule has 1 aliphatic carbocycles. The summed E-state index contributed by atoms with van der Waals surface area (Å²) in [5.41, 5.74) is 1.66. The molecule has 1 atom stereocenters. The molecule has 1 aromatic rings. The molecule has 0 fully saturated rings. The standard InChI is InChI=1S/C15H21NO2/c1-11(2)16-15(14(17)18-3)10-6-8-12-7-4-5-9-13(12)15/h4-5,7,9,11,16H,6,8,10H2,1-3H3. The SMILES string of the molecule is COC(=O)C1(NC(C)C)CCCc2ccccc21. The number of methoxy groups -OCH3 is 1. The molecule has 1 aliphatic rings. The highest BCUT2D eigenvalue weighted by Gasteiger charge is 2.44. The molecule has 0 amide bonds. The minimum absolute atomic E-state index is 0.177. The number of nitrogens with one attached hydrogen (secondary N) is 1. The molecule has 1 aromatic carbocycles. The van der Waals surface area contributed by atoms with Crippen molar-refractivity contribution >= 4 is 5.97 Å². The van der Waals surface area contributed by atoms with E-state index in [9.17, 15) is 4.79 Å². The van der Waals surface area contributed by atoms with Gasteiger partial charge < -0.3 is 4.74 Å². The van der Waals surface area contributed by atoms with E-state index < -0.39 is 5.54 Å². The summed E-state index contributed by atoms with van der Waals surface area (Å²) in [6.07, 6.45) is 2.84. The molecule has 0 aliphatic heterocycles. The molecule has 1 unspecified atom stereocenters. The van der Waals surface area contributed by atoms with Crippen molar-refractivity contribution in [3.05, 3.63) is 35.4 Å². The predicted molar refractivity (Wildman–Crippen MR) is 71.3 cm³/mol. The lowest BCUT2D eigenvalue weighted by molar-refractivity contribution is -0.150. The van der Waals surface area contributed by atoms with Crippen LogP contribution >= 0.6 is 0 Å². The number of benzene rings is 1. The molecule has 1 N–H and O–H groups in total. The van der Waals surface area contributed by atoms with Crippen molar-refractivity contribution in [1.29, 1.82) is 0 Å². The highest BCUT2D eigenvalue weighted by atomic mass is 16.5. The molecule has 18 heavy (non-hydrogen) atoms. The largest absolute Gasteiger partial charge is 0.467 e. The predicted octanol–water partition coefficient (Wildman–Crippen LogP) is 2.39. The van der Waals surface area contributed by atoms with Crippen LogP contribution in [0.5, 0.6) is 0 Å². The lowest BCUT2D eigenvalue weighted by Crippen LogP contribution is -2.54. The van der Waals surface area contributed by atoms with Gasteiger partial charge in [0.2, 0.25) is 0 Å². The van der Waals surface area contributed by atoms with Crippen molar-refractivity contribution in [2.45, 2.75) is 44.7 Å². The fourth-order valence-electron chi connectivity index (χ4n) is 2.92. The van der Waals surface area contributed by atoms with E-state index in [1.165, 1.54) is 12.7 Å². The van der Waals surface area contributed by atoms with Crippen LogP contribution in [-0.2, 0) is 21.5 Å². The van der Waals surface area contributed by atoms with Crippen molar-refractivity contribution in [2.75, 3.05) is 7.11 Å². The van der Waals surface area contributed by atoms with Gasteiger partial charge in [0.05, 0.1) is 7.11 Å². The molecule has 0 aromatic heterocycles. The van der Waals surface area contributed by atoms with Gasteiger partial charge in [-0.05, 0) is 44.2 Å². The number of hydrogen-bond acceptors (Lipinski definition) is 3. The van der Waals surface area contributed by atoms with Gasteiger partial charge in [-0.2, -0.15) is 0 Å². The van der Waals surface area contributed by atoms with E-state index in [0.717, 1.165) is 24.8 Å². The third-order valence-corrected chi connectivity index (χ3v) is 3.54. The third-order valence-electron chi connectivity index (χ3n) is 3.54.